The van der Waals surface area contributed by atoms with Crippen molar-refractivity contribution in [2.75, 3.05) is 13.1 Å². The van der Waals surface area contributed by atoms with Gasteiger partial charge >= 0.3 is 12.0 Å². The van der Waals surface area contributed by atoms with Crippen LogP contribution in [0, 0.1) is 5.92 Å². The molecule has 20 heavy (non-hydrogen) atoms. The van der Waals surface area contributed by atoms with Crippen LogP contribution in [0.5, 0.6) is 0 Å². The van der Waals surface area contributed by atoms with Gasteiger partial charge in [-0.25, -0.2) is 4.79 Å². The second-order valence-corrected chi connectivity index (χ2v) is 5.15. The van der Waals surface area contributed by atoms with Gasteiger partial charge in [0.25, 0.3) is 0 Å². The summed E-state index contributed by atoms with van der Waals surface area (Å²) in [7, 11) is 0. The minimum atomic E-state index is -0.859. The summed E-state index contributed by atoms with van der Waals surface area (Å²) in [5, 5.41) is 14.7. The van der Waals surface area contributed by atoms with Crippen LogP contribution < -0.4 is 10.6 Å². The van der Waals surface area contributed by atoms with Crippen LogP contribution in [0.1, 0.15) is 18.9 Å². The van der Waals surface area contributed by atoms with Crippen LogP contribution in [0.2, 0.25) is 5.02 Å². The lowest BCUT2D eigenvalue weighted by Crippen LogP contribution is -2.39. The molecule has 1 aromatic carbocycles. The minimum Gasteiger partial charge on any atom is -0.481 e. The third-order valence-corrected chi connectivity index (χ3v) is 3.00. The topological polar surface area (TPSA) is 78.4 Å². The van der Waals surface area contributed by atoms with Crippen LogP contribution in [0.15, 0.2) is 24.3 Å². The van der Waals surface area contributed by atoms with Gasteiger partial charge < -0.3 is 15.7 Å². The molecule has 0 aliphatic carbocycles. The van der Waals surface area contributed by atoms with Gasteiger partial charge in [0.1, 0.15) is 0 Å². The highest BCUT2D eigenvalue weighted by molar-refractivity contribution is 6.30. The molecule has 110 valence electrons. The van der Waals surface area contributed by atoms with Crippen molar-refractivity contribution in [2.24, 2.45) is 5.92 Å². The van der Waals surface area contributed by atoms with Gasteiger partial charge in [-0.15, -0.1) is 0 Å². The van der Waals surface area contributed by atoms with Gasteiger partial charge in [0.2, 0.25) is 0 Å². The largest absolute Gasteiger partial charge is 0.481 e. The maximum absolute atomic E-state index is 11.5. The maximum atomic E-state index is 11.5. The molecule has 0 heterocycles. The van der Waals surface area contributed by atoms with Crippen molar-refractivity contribution in [1.82, 2.24) is 10.6 Å². The summed E-state index contributed by atoms with van der Waals surface area (Å²) in [4.78, 5) is 22.0. The molecular formula is C14H19ClN2O3. The van der Waals surface area contributed by atoms with E-state index in [2.05, 4.69) is 10.6 Å². The fraction of sp³-hybridized carbons (Fsp3) is 0.429. The van der Waals surface area contributed by atoms with E-state index in [9.17, 15) is 9.59 Å². The molecule has 0 fully saturated rings. The number of hydrogen-bond acceptors (Lipinski definition) is 2. The molecule has 0 bridgehead atoms. The molecule has 1 rings (SSSR count). The quantitative estimate of drug-likeness (QED) is 0.722. The Balaban J connectivity index is 2.17. The van der Waals surface area contributed by atoms with E-state index in [-0.39, 0.29) is 18.4 Å². The maximum Gasteiger partial charge on any atom is 0.314 e. The van der Waals surface area contributed by atoms with Gasteiger partial charge in [0.15, 0.2) is 0 Å². The number of nitrogens with one attached hydrogen (secondary N) is 2. The molecule has 0 saturated heterocycles. The number of carbonyl (C=O) groups excluding carboxylic acids is 1. The average Bonchev–Trinajstić information content (AvgIpc) is 2.38. The van der Waals surface area contributed by atoms with Crippen molar-refractivity contribution in [1.29, 1.82) is 0 Å². The predicted molar refractivity (Wildman–Crippen MR) is 78.0 cm³/mol. The van der Waals surface area contributed by atoms with Gasteiger partial charge in [-0.3, -0.25) is 4.79 Å². The van der Waals surface area contributed by atoms with Gasteiger partial charge in [-0.1, -0.05) is 30.7 Å². The molecule has 0 aliphatic rings. The molecule has 0 aromatic heterocycles. The summed E-state index contributed by atoms with van der Waals surface area (Å²) in [5.41, 5.74) is 1.09. The molecule has 2 amide bonds. The third kappa shape index (κ3) is 6.99. The van der Waals surface area contributed by atoms with Gasteiger partial charge in [0.05, 0.1) is 0 Å². The van der Waals surface area contributed by atoms with Crippen molar-refractivity contribution >= 4 is 23.6 Å². The molecule has 1 unspecified atom stereocenters. The van der Waals surface area contributed by atoms with E-state index in [1.54, 1.807) is 6.92 Å². The van der Waals surface area contributed by atoms with E-state index in [4.69, 9.17) is 16.7 Å². The Bertz CT molecular complexity index is 448. The predicted octanol–water partition coefficient (Wildman–Crippen LogP) is 2.29. The van der Waals surface area contributed by atoms with E-state index < -0.39 is 5.97 Å². The Kier molecular flexibility index (Phi) is 6.87. The highest BCUT2D eigenvalue weighted by Crippen LogP contribution is 2.09. The Labute approximate surface area is 123 Å². The number of amides is 2. The zero-order valence-electron chi connectivity index (χ0n) is 11.4. The summed E-state index contributed by atoms with van der Waals surface area (Å²) in [5.74, 6) is -0.947. The number of carboxylic acids is 1. The Morgan fingerprint density at radius 2 is 1.90 bits per heavy atom. The molecule has 0 spiro atoms. The zero-order chi connectivity index (χ0) is 15.0. The fourth-order valence-electron chi connectivity index (χ4n) is 1.67. The third-order valence-electron chi connectivity index (χ3n) is 2.75. The number of carbonyl (C=O) groups is 2. The van der Waals surface area contributed by atoms with Crippen molar-refractivity contribution in [2.45, 2.75) is 19.8 Å². The monoisotopic (exact) mass is 298 g/mol. The summed E-state index contributed by atoms with van der Waals surface area (Å²) < 4.78 is 0. The molecule has 0 aliphatic heterocycles. The first-order valence-electron chi connectivity index (χ1n) is 6.45. The first-order chi connectivity index (χ1) is 9.47. The van der Waals surface area contributed by atoms with Crippen LogP contribution in [0.3, 0.4) is 0 Å². The number of hydrogen-bond donors (Lipinski definition) is 3. The van der Waals surface area contributed by atoms with Crippen LogP contribution in [0.4, 0.5) is 4.79 Å². The van der Waals surface area contributed by atoms with Crippen molar-refractivity contribution < 1.29 is 14.7 Å². The standard InChI is InChI=1S/C14H19ClN2O3/c1-10(8-13(18)19)9-17-14(20)16-7-6-11-2-4-12(15)5-3-11/h2-5,10H,6-9H2,1H3,(H,18,19)(H2,16,17,20). The van der Waals surface area contributed by atoms with E-state index in [1.165, 1.54) is 0 Å². The molecule has 0 radical (unpaired) electrons. The Morgan fingerprint density at radius 3 is 2.50 bits per heavy atom. The number of halogens is 1. The van der Waals surface area contributed by atoms with Crippen LogP contribution in [-0.4, -0.2) is 30.2 Å². The van der Waals surface area contributed by atoms with Crippen molar-refractivity contribution in [3.8, 4) is 0 Å². The minimum absolute atomic E-state index is 0.0467. The average molecular weight is 299 g/mol. The number of carboxylic acid groups (broad SMARTS) is 1. The highest BCUT2D eigenvalue weighted by atomic mass is 35.5. The normalized spacial score (nSPS) is 11.7. The highest BCUT2D eigenvalue weighted by Gasteiger charge is 2.08. The molecule has 3 N–H and O–H groups in total. The second kappa shape index (κ2) is 8.43. The summed E-state index contributed by atoms with van der Waals surface area (Å²) in [6, 6.07) is 7.17. The Morgan fingerprint density at radius 1 is 1.25 bits per heavy atom. The van der Waals surface area contributed by atoms with Gasteiger partial charge in [0, 0.05) is 24.5 Å². The molecular weight excluding hydrogens is 280 g/mol. The number of benzene rings is 1. The number of urea groups is 1. The lowest BCUT2D eigenvalue weighted by atomic mass is 10.1. The first-order valence-corrected chi connectivity index (χ1v) is 6.83. The lowest BCUT2D eigenvalue weighted by molar-refractivity contribution is -0.137. The molecule has 1 aromatic rings. The molecule has 6 heteroatoms. The number of aliphatic carboxylic acids is 1. The first kappa shape index (κ1) is 16.3. The van der Waals surface area contributed by atoms with Gasteiger partial charge in [-0.05, 0) is 30.0 Å². The van der Waals surface area contributed by atoms with Crippen molar-refractivity contribution in [3.05, 3.63) is 34.9 Å². The summed E-state index contributed by atoms with van der Waals surface area (Å²) in [6.45, 7) is 2.64. The molecule has 5 nitrogen and oxygen atoms in total. The van der Waals surface area contributed by atoms with Crippen LogP contribution in [-0.2, 0) is 11.2 Å². The number of rotatable bonds is 7. The SMILES string of the molecule is CC(CNC(=O)NCCc1ccc(Cl)cc1)CC(=O)O. The van der Waals surface area contributed by atoms with Crippen LogP contribution >= 0.6 is 11.6 Å². The lowest BCUT2D eigenvalue weighted by Gasteiger charge is -2.11. The van der Waals surface area contributed by atoms with E-state index >= 15 is 0 Å². The van der Waals surface area contributed by atoms with Gasteiger partial charge in [-0.2, -0.15) is 0 Å². The smallest absolute Gasteiger partial charge is 0.314 e. The van der Waals surface area contributed by atoms with Crippen molar-refractivity contribution in [3.63, 3.8) is 0 Å². The van der Waals surface area contributed by atoms with E-state index in [1.807, 2.05) is 24.3 Å². The summed E-state index contributed by atoms with van der Waals surface area (Å²) >= 11 is 5.78. The van der Waals surface area contributed by atoms with Crippen LogP contribution in [0.25, 0.3) is 0 Å². The van der Waals surface area contributed by atoms with E-state index in [0.29, 0.717) is 18.1 Å². The molecule has 1 atom stereocenters. The Hall–Kier alpha value is -1.75. The van der Waals surface area contributed by atoms with E-state index in [0.717, 1.165) is 12.0 Å². The zero-order valence-corrected chi connectivity index (χ0v) is 12.1. The summed E-state index contributed by atoms with van der Waals surface area (Å²) in [6.07, 6.45) is 0.764. The second-order valence-electron chi connectivity index (χ2n) is 4.72. The fourth-order valence-corrected chi connectivity index (χ4v) is 1.80. The molecule has 0 saturated carbocycles.